The Hall–Kier alpha value is -1.35. The van der Waals surface area contributed by atoms with Crippen molar-refractivity contribution in [3.05, 3.63) is 35.4 Å². The predicted octanol–water partition coefficient (Wildman–Crippen LogP) is 2.61. The Morgan fingerprint density at radius 2 is 1.79 bits per heavy atom. The minimum Gasteiger partial charge on any atom is -0.355 e. The van der Waals surface area contributed by atoms with Gasteiger partial charge in [-0.05, 0) is 30.9 Å². The Labute approximate surface area is 192 Å². The molecule has 0 bridgehead atoms. The highest BCUT2D eigenvalue weighted by Crippen LogP contribution is 2.26. The molecule has 0 aromatic heterocycles. The lowest BCUT2D eigenvalue weighted by Gasteiger charge is -2.36. The lowest BCUT2D eigenvalue weighted by Crippen LogP contribution is -2.51. The summed E-state index contributed by atoms with van der Waals surface area (Å²) in [6, 6.07) is 8.40. The predicted molar refractivity (Wildman–Crippen MR) is 130 cm³/mol. The number of hydrogen-bond acceptors (Lipinski definition) is 3. The molecule has 0 atom stereocenters. The first-order valence-corrected chi connectivity index (χ1v) is 10.7. The molecule has 0 radical (unpaired) electrons. The summed E-state index contributed by atoms with van der Waals surface area (Å²) < 4.78 is 0. The monoisotopic (exact) mass is 513 g/mol. The van der Waals surface area contributed by atoms with Gasteiger partial charge >= 0.3 is 0 Å². The lowest BCUT2D eigenvalue weighted by atomic mass is 10.1. The number of hydrogen-bond donors (Lipinski definition) is 2. The van der Waals surface area contributed by atoms with Gasteiger partial charge < -0.3 is 15.5 Å². The number of carbonyl (C=O) groups excluding carboxylic acids is 1. The Balaban J connectivity index is 0.00000300. The van der Waals surface area contributed by atoms with E-state index in [1.807, 2.05) is 0 Å². The van der Waals surface area contributed by atoms with Crippen molar-refractivity contribution >= 4 is 35.8 Å². The molecule has 1 saturated carbocycles. The Bertz CT molecular complexity index is 667. The van der Waals surface area contributed by atoms with Gasteiger partial charge in [0, 0.05) is 58.8 Å². The number of nitrogens with zero attached hydrogens (tertiary/aromatic N) is 3. The number of nitrogens with one attached hydrogen (secondary N) is 2. The molecule has 2 N–H and O–H groups in total. The third-order valence-electron chi connectivity index (χ3n) is 6.04. The van der Waals surface area contributed by atoms with Crippen molar-refractivity contribution in [3.63, 3.8) is 0 Å². The molecule has 0 spiro atoms. The Kier molecular flexibility index (Phi) is 10.2. The van der Waals surface area contributed by atoms with Crippen LogP contribution < -0.4 is 10.6 Å². The molecule has 1 heterocycles. The number of rotatable bonds is 6. The summed E-state index contributed by atoms with van der Waals surface area (Å²) >= 11 is 0. The van der Waals surface area contributed by atoms with Crippen LogP contribution in [0.5, 0.6) is 0 Å². The molecule has 1 aliphatic carbocycles. The van der Waals surface area contributed by atoms with Crippen LogP contribution in [0.1, 0.15) is 36.8 Å². The van der Waals surface area contributed by atoms with E-state index in [0.717, 1.165) is 64.6 Å². The Morgan fingerprint density at radius 3 is 2.45 bits per heavy atom. The second-order valence-electron chi connectivity index (χ2n) is 7.93. The quantitative estimate of drug-likeness (QED) is 0.349. The Morgan fingerprint density at radius 1 is 1.10 bits per heavy atom. The fourth-order valence-corrected chi connectivity index (χ4v) is 4.16. The van der Waals surface area contributed by atoms with Crippen LogP contribution in [0.15, 0.2) is 29.3 Å². The summed E-state index contributed by atoms with van der Waals surface area (Å²) in [7, 11) is 1.81. The second kappa shape index (κ2) is 12.4. The smallest absolute Gasteiger partial charge is 0.225 e. The highest BCUT2D eigenvalue weighted by molar-refractivity contribution is 14.0. The zero-order valence-electron chi connectivity index (χ0n) is 17.8. The molecule has 29 heavy (non-hydrogen) atoms. The standard InChI is InChI=1S/C22H35N5O.HI/c1-18-7-3-4-10-20(18)17-25-22(23-2)24-11-12-26-13-15-27(16-14-26)21(28)19-8-5-6-9-19;/h3-4,7,10,19H,5-6,8-9,11-17H2,1-2H3,(H2,23,24,25);1H. The summed E-state index contributed by atoms with van der Waals surface area (Å²) in [5.41, 5.74) is 2.57. The van der Waals surface area contributed by atoms with Crippen LogP contribution in [0.25, 0.3) is 0 Å². The zero-order valence-corrected chi connectivity index (χ0v) is 20.2. The van der Waals surface area contributed by atoms with E-state index in [2.05, 4.69) is 56.6 Å². The molecule has 162 valence electrons. The van der Waals surface area contributed by atoms with Crippen molar-refractivity contribution in [1.82, 2.24) is 20.4 Å². The number of benzene rings is 1. The lowest BCUT2D eigenvalue weighted by molar-refractivity contribution is -0.137. The molecule has 7 heteroatoms. The van der Waals surface area contributed by atoms with E-state index in [1.54, 1.807) is 7.05 Å². The van der Waals surface area contributed by atoms with Crippen molar-refractivity contribution < 1.29 is 4.79 Å². The van der Waals surface area contributed by atoms with E-state index in [1.165, 1.54) is 24.0 Å². The van der Waals surface area contributed by atoms with E-state index < -0.39 is 0 Å². The molecular weight excluding hydrogens is 477 g/mol. The number of guanidine groups is 1. The molecule has 1 aliphatic heterocycles. The molecule has 3 rings (SSSR count). The minimum absolute atomic E-state index is 0. The maximum Gasteiger partial charge on any atom is 0.225 e. The third-order valence-corrected chi connectivity index (χ3v) is 6.04. The van der Waals surface area contributed by atoms with E-state index in [0.29, 0.717) is 11.8 Å². The topological polar surface area (TPSA) is 60.0 Å². The van der Waals surface area contributed by atoms with E-state index in [4.69, 9.17) is 0 Å². The van der Waals surface area contributed by atoms with Gasteiger partial charge in [-0.3, -0.25) is 14.7 Å². The molecule has 1 amide bonds. The number of carbonyl (C=O) groups is 1. The first kappa shape index (κ1) is 23.9. The van der Waals surface area contributed by atoms with Gasteiger partial charge in [-0.25, -0.2) is 0 Å². The fourth-order valence-electron chi connectivity index (χ4n) is 4.16. The molecule has 2 aliphatic rings. The van der Waals surface area contributed by atoms with Crippen LogP contribution in [0.3, 0.4) is 0 Å². The van der Waals surface area contributed by atoms with Gasteiger partial charge in [0.1, 0.15) is 0 Å². The average Bonchev–Trinajstić information content (AvgIpc) is 3.26. The number of amides is 1. The van der Waals surface area contributed by atoms with Crippen LogP contribution in [0.2, 0.25) is 0 Å². The molecule has 0 unspecified atom stereocenters. The van der Waals surface area contributed by atoms with E-state index in [-0.39, 0.29) is 24.0 Å². The van der Waals surface area contributed by atoms with Crippen molar-refractivity contribution in [2.45, 2.75) is 39.2 Å². The zero-order chi connectivity index (χ0) is 19.8. The van der Waals surface area contributed by atoms with Crippen molar-refractivity contribution in [1.29, 1.82) is 0 Å². The average molecular weight is 513 g/mol. The molecule has 1 aromatic carbocycles. The molecular formula is C22H36IN5O. The minimum atomic E-state index is 0. The van der Waals surface area contributed by atoms with Crippen LogP contribution in [-0.2, 0) is 11.3 Å². The van der Waals surface area contributed by atoms with Crippen molar-refractivity contribution in [2.24, 2.45) is 10.9 Å². The van der Waals surface area contributed by atoms with Crippen LogP contribution >= 0.6 is 24.0 Å². The third kappa shape index (κ3) is 7.13. The fraction of sp³-hybridized carbons (Fsp3) is 0.636. The van der Waals surface area contributed by atoms with Gasteiger partial charge in [0.25, 0.3) is 0 Å². The van der Waals surface area contributed by atoms with Crippen LogP contribution in [0.4, 0.5) is 0 Å². The first-order chi connectivity index (χ1) is 13.7. The molecule has 1 saturated heterocycles. The van der Waals surface area contributed by atoms with Crippen LogP contribution in [-0.4, -0.2) is 68.0 Å². The van der Waals surface area contributed by atoms with Gasteiger partial charge in [-0.2, -0.15) is 0 Å². The number of aryl methyl sites for hydroxylation is 1. The maximum absolute atomic E-state index is 12.5. The number of piperazine rings is 1. The summed E-state index contributed by atoms with van der Waals surface area (Å²) in [6.07, 6.45) is 4.64. The van der Waals surface area contributed by atoms with Gasteiger partial charge in [0.05, 0.1) is 0 Å². The summed E-state index contributed by atoms with van der Waals surface area (Å²) in [5, 5.41) is 6.79. The van der Waals surface area contributed by atoms with Crippen molar-refractivity contribution in [3.8, 4) is 0 Å². The SMILES string of the molecule is CN=C(NCCN1CCN(C(=O)C2CCCC2)CC1)NCc1ccccc1C.I. The van der Waals surface area contributed by atoms with E-state index >= 15 is 0 Å². The van der Waals surface area contributed by atoms with Gasteiger partial charge in [0.2, 0.25) is 5.91 Å². The second-order valence-corrected chi connectivity index (χ2v) is 7.93. The number of aliphatic imine (C=N–C) groups is 1. The summed E-state index contributed by atoms with van der Waals surface area (Å²) in [5.74, 6) is 1.53. The van der Waals surface area contributed by atoms with Crippen LogP contribution in [0, 0.1) is 12.8 Å². The summed E-state index contributed by atoms with van der Waals surface area (Å²) in [4.78, 5) is 21.4. The van der Waals surface area contributed by atoms with Crippen molar-refractivity contribution in [2.75, 3.05) is 46.3 Å². The van der Waals surface area contributed by atoms with Gasteiger partial charge in [-0.15, -0.1) is 24.0 Å². The highest BCUT2D eigenvalue weighted by Gasteiger charge is 2.29. The summed E-state index contributed by atoms with van der Waals surface area (Å²) in [6.45, 7) is 8.40. The first-order valence-electron chi connectivity index (χ1n) is 10.7. The molecule has 6 nitrogen and oxygen atoms in total. The maximum atomic E-state index is 12.5. The van der Waals surface area contributed by atoms with E-state index in [9.17, 15) is 4.79 Å². The number of halogens is 1. The van der Waals surface area contributed by atoms with Gasteiger partial charge in [0.15, 0.2) is 5.96 Å². The molecule has 1 aromatic rings. The molecule has 2 fully saturated rings. The highest BCUT2D eigenvalue weighted by atomic mass is 127. The largest absolute Gasteiger partial charge is 0.355 e. The van der Waals surface area contributed by atoms with Gasteiger partial charge in [-0.1, -0.05) is 37.1 Å². The normalized spacial score (nSPS) is 18.4.